The Bertz CT molecular complexity index is 218. The molecule has 0 aromatic heterocycles. The van der Waals surface area contributed by atoms with Gasteiger partial charge in [-0.15, -0.1) is 0 Å². The van der Waals surface area contributed by atoms with Crippen molar-refractivity contribution in [2.75, 3.05) is 6.61 Å². The van der Waals surface area contributed by atoms with Gasteiger partial charge in [0.15, 0.2) is 12.4 Å². The number of hydrogen-bond acceptors (Lipinski definition) is 4. The van der Waals surface area contributed by atoms with E-state index in [2.05, 4.69) is 11.3 Å². The molecule has 0 aromatic carbocycles. The largest absolute Gasteiger partial charge is 0.481 e. The third-order valence-electron chi connectivity index (χ3n) is 0.890. The van der Waals surface area contributed by atoms with E-state index in [9.17, 15) is 14.4 Å². The van der Waals surface area contributed by atoms with Crippen LogP contribution in [0, 0.1) is 0 Å². The molecule has 0 aliphatic carbocycles. The highest BCUT2D eigenvalue weighted by Gasteiger charge is 2.08. The molecule has 5 heteroatoms. The summed E-state index contributed by atoms with van der Waals surface area (Å²) in [5, 5.41) is 8.12. The number of esters is 1. The molecular formula is C7H8O5. The minimum absolute atomic E-state index is 0.517. The van der Waals surface area contributed by atoms with E-state index in [-0.39, 0.29) is 0 Å². The third kappa shape index (κ3) is 5.16. The van der Waals surface area contributed by atoms with Gasteiger partial charge in [0.2, 0.25) is 0 Å². The smallest absolute Gasteiger partial charge is 0.330 e. The van der Waals surface area contributed by atoms with Crippen LogP contribution in [0.3, 0.4) is 0 Å². The summed E-state index contributed by atoms with van der Waals surface area (Å²) in [6.45, 7) is 2.58. The number of ketones is 1. The number of ether oxygens (including phenoxy) is 1. The first-order valence-electron chi connectivity index (χ1n) is 3.09. The van der Waals surface area contributed by atoms with Crippen molar-refractivity contribution >= 4 is 17.7 Å². The zero-order chi connectivity index (χ0) is 9.56. The summed E-state index contributed by atoms with van der Waals surface area (Å²) in [6.07, 6.45) is 0.262. The van der Waals surface area contributed by atoms with Gasteiger partial charge < -0.3 is 9.84 Å². The SMILES string of the molecule is C=CC(=O)OCC(=O)CC(=O)O. The first-order valence-corrected chi connectivity index (χ1v) is 3.09. The maximum atomic E-state index is 10.6. The van der Waals surface area contributed by atoms with E-state index >= 15 is 0 Å². The predicted molar refractivity (Wildman–Crippen MR) is 38.4 cm³/mol. The third-order valence-corrected chi connectivity index (χ3v) is 0.890. The van der Waals surface area contributed by atoms with Crippen LogP contribution in [0.25, 0.3) is 0 Å². The lowest BCUT2D eigenvalue weighted by Gasteiger charge is -1.97. The number of carbonyl (C=O) groups excluding carboxylic acids is 2. The first-order chi connectivity index (χ1) is 5.56. The monoisotopic (exact) mass is 172 g/mol. The Balaban J connectivity index is 3.64. The van der Waals surface area contributed by atoms with Gasteiger partial charge in [-0.05, 0) is 0 Å². The fourth-order valence-corrected chi connectivity index (χ4v) is 0.430. The second kappa shape index (κ2) is 5.06. The molecule has 0 amide bonds. The molecule has 66 valence electrons. The molecule has 0 aromatic rings. The van der Waals surface area contributed by atoms with Gasteiger partial charge in [-0.3, -0.25) is 9.59 Å². The molecule has 0 unspecified atom stereocenters. The fraction of sp³-hybridized carbons (Fsp3) is 0.286. The molecular weight excluding hydrogens is 164 g/mol. The summed E-state index contributed by atoms with van der Waals surface area (Å²) in [5.74, 6) is -2.64. The average Bonchev–Trinajstić information content (AvgIpc) is 1.99. The number of rotatable bonds is 5. The molecule has 0 atom stereocenters. The molecule has 0 radical (unpaired) electrons. The van der Waals surface area contributed by atoms with Gasteiger partial charge in [0, 0.05) is 6.08 Å². The summed E-state index contributed by atoms with van der Waals surface area (Å²) in [5.41, 5.74) is 0. The lowest BCUT2D eigenvalue weighted by atomic mass is 10.3. The summed E-state index contributed by atoms with van der Waals surface area (Å²) in [7, 11) is 0. The normalized spacial score (nSPS) is 8.67. The van der Waals surface area contributed by atoms with E-state index < -0.39 is 30.7 Å². The van der Waals surface area contributed by atoms with Gasteiger partial charge in [0.25, 0.3) is 0 Å². The number of carbonyl (C=O) groups is 3. The number of hydrogen-bond donors (Lipinski definition) is 1. The minimum atomic E-state index is -1.24. The van der Waals surface area contributed by atoms with Crippen LogP contribution in [0.4, 0.5) is 0 Å². The van der Waals surface area contributed by atoms with Crippen molar-refractivity contribution in [3.63, 3.8) is 0 Å². The van der Waals surface area contributed by atoms with E-state index in [1.165, 1.54) is 0 Å². The highest BCUT2D eigenvalue weighted by atomic mass is 16.5. The van der Waals surface area contributed by atoms with Crippen LogP contribution in [-0.4, -0.2) is 29.4 Å². The van der Waals surface area contributed by atoms with Crippen molar-refractivity contribution < 1.29 is 24.2 Å². The average molecular weight is 172 g/mol. The van der Waals surface area contributed by atoms with Gasteiger partial charge in [-0.25, -0.2) is 4.79 Å². The lowest BCUT2D eigenvalue weighted by molar-refractivity contribution is -0.147. The van der Waals surface area contributed by atoms with Crippen LogP contribution in [0.2, 0.25) is 0 Å². The zero-order valence-corrected chi connectivity index (χ0v) is 6.28. The van der Waals surface area contributed by atoms with Crippen molar-refractivity contribution in [2.24, 2.45) is 0 Å². The number of Topliss-reactive ketones (excluding diaryl/α,β-unsaturated/α-hetero) is 1. The molecule has 1 N–H and O–H groups in total. The molecule has 0 aliphatic rings. The van der Waals surface area contributed by atoms with Crippen LogP contribution in [0.5, 0.6) is 0 Å². The Hall–Kier alpha value is -1.65. The molecule has 0 bridgehead atoms. The molecule has 0 spiro atoms. The van der Waals surface area contributed by atoms with Crippen LogP contribution in [0.1, 0.15) is 6.42 Å². The number of aliphatic carboxylic acids is 1. The number of carboxylic acids is 1. The second-order valence-electron chi connectivity index (χ2n) is 1.92. The molecule has 0 heterocycles. The zero-order valence-electron chi connectivity index (χ0n) is 6.28. The molecule has 0 aliphatic heterocycles. The van der Waals surface area contributed by atoms with E-state index in [0.717, 1.165) is 6.08 Å². The highest BCUT2D eigenvalue weighted by molar-refractivity contribution is 5.96. The second-order valence-corrected chi connectivity index (χ2v) is 1.92. The molecule has 0 fully saturated rings. The Morgan fingerprint density at radius 3 is 2.42 bits per heavy atom. The Kier molecular flexibility index (Phi) is 4.36. The quantitative estimate of drug-likeness (QED) is 0.351. The van der Waals surface area contributed by atoms with Gasteiger partial charge in [-0.2, -0.15) is 0 Å². The van der Waals surface area contributed by atoms with Crippen LogP contribution in [-0.2, 0) is 19.1 Å². The summed E-state index contributed by atoms with van der Waals surface area (Å²) < 4.78 is 4.28. The van der Waals surface area contributed by atoms with Crippen molar-refractivity contribution in [2.45, 2.75) is 6.42 Å². The van der Waals surface area contributed by atoms with Crippen molar-refractivity contribution in [3.8, 4) is 0 Å². The summed E-state index contributed by atoms with van der Waals surface area (Å²) in [6, 6.07) is 0. The molecule has 12 heavy (non-hydrogen) atoms. The maximum absolute atomic E-state index is 10.6. The molecule has 5 nitrogen and oxygen atoms in total. The molecule has 0 saturated heterocycles. The van der Waals surface area contributed by atoms with Gasteiger partial charge in [0.1, 0.15) is 6.42 Å². The van der Waals surface area contributed by atoms with Gasteiger partial charge in [-0.1, -0.05) is 6.58 Å². The van der Waals surface area contributed by atoms with E-state index in [0.29, 0.717) is 0 Å². The lowest BCUT2D eigenvalue weighted by Crippen LogP contribution is -2.15. The Morgan fingerprint density at radius 2 is 2.00 bits per heavy atom. The summed E-state index contributed by atoms with van der Waals surface area (Å²) >= 11 is 0. The first kappa shape index (κ1) is 10.3. The van der Waals surface area contributed by atoms with E-state index in [1.807, 2.05) is 0 Å². The fourth-order valence-electron chi connectivity index (χ4n) is 0.430. The van der Waals surface area contributed by atoms with Crippen molar-refractivity contribution in [1.82, 2.24) is 0 Å². The van der Waals surface area contributed by atoms with Gasteiger partial charge in [0.05, 0.1) is 0 Å². The van der Waals surface area contributed by atoms with Crippen LogP contribution in [0.15, 0.2) is 12.7 Å². The van der Waals surface area contributed by atoms with E-state index in [1.54, 1.807) is 0 Å². The topological polar surface area (TPSA) is 80.7 Å². The van der Waals surface area contributed by atoms with Crippen molar-refractivity contribution in [3.05, 3.63) is 12.7 Å². The van der Waals surface area contributed by atoms with Crippen molar-refractivity contribution in [1.29, 1.82) is 0 Å². The van der Waals surface area contributed by atoms with E-state index in [4.69, 9.17) is 5.11 Å². The number of carboxylic acid groups (broad SMARTS) is 1. The minimum Gasteiger partial charge on any atom is -0.481 e. The van der Waals surface area contributed by atoms with Crippen LogP contribution < -0.4 is 0 Å². The Labute approximate surface area is 68.6 Å². The maximum Gasteiger partial charge on any atom is 0.330 e. The Morgan fingerprint density at radius 1 is 1.42 bits per heavy atom. The highest BCUT2D eigenvalue weighted by Crippen LogP contribution is 1.86. The van der Waals surface area contributed by atoms with Crippen LogP contribution >= 0.6 is 0 Å². The molecule has 0 saturated carbocycles. The standard InChI is InChI=1S/C7H8O5/c1-2-7(11)12-4-5(8)3-6(9)10/h2H,1,3-4H2,(H,9,10). The summed E-state index contributed by atoms with van der Waals surface area (Å²) in [4.78, 5) is 30.9. The molecule has 0 rings (SSSR count). The van der Waals surface area contributed by atoms with Gasteiger partial charge >= 0.3 is 11.9 Å². The predicted octanol–water partition coefficient (Wildman–Crippen LogP) is -0.241.